The van der Waals surface area contributed by atoms with Gasteiger partial charge in [-0.2, -0.15) is 0 Å². The van der Waals surface area contributed by atoms with Crippen LogP contribution in [0.25, 0.3) is 0 Å². The number of amides is 1. The van der Waals surface area contributed by atoms with Crippen molar-refractivity contribution in [3.63, 3.8) is 0 Å². The minimum Gasteiger partial charge on any atom is -0.368 e. The fraction of sp³-hybridized carbons (Fsp3) is 0.812. The Morgan fingerprint density at radius 2 is 2.15 bits per heavy atom. The van der Waals surface area contributed by atoms with Crippen LogP contribution < -0.4 is 11.1 Å². The van der Waals surface area contributed by atoms with Gasteiger partial charge in [0.1, 0.15) is 0 Å². The molecule has 0 fully saturated rings. The second-order valence-electron chi connectivity index (χ2n) is 6.05. The number of nitrogens with two attached hydrogens (primary N) is 1. The second-order valence-corrected chi connectivity index (χ2v) is 6.05. The van der Waals surface area contributed by atoms with Crippen LogP contribution in [0.4, 0.5) is 0 Å². The van der Waals surface area contributed by atoms with Crippen molar-refractivity contribution in [2.75, 3.05) is 26.2 Å². The van der Waals surface area contributed by atoms with Crippen molar-refractivity contribution < 1.29 is 4.79 Å². The highest BCUT2D eigenvalue weighted by Gasteiger charge is 2.29. The van der Waals surface area contributed by atoms with Crippen molar-refractivity contribution in [2.45, 2.75) is 46.6 Å². The molecule has 0 aromatic carbocycles. The van der Waals surface area contributed by atoms with Crippen LogP contribution in [0, 0.1) is 11.8 Å². The van der Waals surface area contributed by atoms with Crippen LogP contribution >= 0.6 is 0 Å². The molecule has 3 atom stereocenters. The number of carbonyl (C=O) groups is 1. The van der Waals surface area contributed by atoms with Gasteiger partial charge < -0.3 is 16.0 Å². The third kappa shape index (κ3) is 5.25. The standard InChI is InChI=1S/C16H31N3O/c1-5-19(6-2)8-7-18-15(16(17)20)14-10-12(3)9-13(4)11-14/h9,12,14-15,18H,5-8,10-11H2,1-4H3,(H2,17,20). The molecule has 4 nitrogen and oxygen atoms in total. The molecule has 4 heteroatoms. The van der Waals surface area contributed by atoms with Gasteiger partial charge in [-0.05, 0) is 44.7 Å². The highest BCUT2D eigenvalue weighted by molar-refractivity contribution is 5.80. The van der Waals surface area contributed by atoms with E-state index in [0.717, 1.165) is 39.0 Å². The topological polar surface area (TPSA) is 58.4 Å². The zero-order chi connectivity index (χ0) is 15.1. The fourth-order valence-corrected chi connectivity index (χ4v) is 3.27. The summed E-state index contributed by atoms with van der Waals surface area (Å²) in [5, 5.41) is 3.39. The Bertz CT molecular complexity index is 337. The van der Waals surface area contributed by atoms with Crippen molar-refractivity contribution in [3.8, 4) is 0 Å². The van der Waals surface area contributed by atoms with Crippen molar-refractivity contribution in [2.24, 2.45) is 17.6 Å². The summed E-state index contributed by atoms with van der Waals surface area (Å²) < 4.78 is 0. The van der Waals surface area contributed by atoms with Gasteiger partial charge in [0.15, 0.2) is 0 Å². The number of primary amides is 1. The number of carbonyl (C=O) groups excluding carboxylic acids is 1. The molecule has 1 aliphatic carbocycles. The summed E-state index contributed by atoms with van der Waals surface area (Å²) >= 11 is 0. The highest BCUT2D eigenvalue weighted by Crippen LogP contribution is 2.30. The molecule has 1 amide bonds. The lowest BCUT2D eigenvalue weighted by Gasteiger charge is -2.31. The highest BCUT2D eigenvalue weighted by atomic mass is 16.1. The molecule has 0 aromatic heterocycles. The Kier molecular flexibility index (Phi) is 7.24. The van der Waals surface area contributed by atoms with Crippen LogP contribution in [-0.2, 0) is 4.79 Å². The van der Waals surface area contributed by atoms with Gasteiger partial charge in [-0.3, -0.25) is 4.79 Å². The number of allylic oxidation sites excluding steroid dienone is 2. The maximum atomic E-state index is 11.8. The third-order valence-corrected chi connectivity index (χ3v) is 4.29. The first kappa shape index (κ1) is 17.2. The number of hydrogen-bond donors (Lipinski definition) is 2. The van der Waals surface area contributed by atoms with Gasteiger partial charge in [0.2, 0.25) is 5.91 Å². The van der Waals surface area contributed by atoms with Crippen molar-refractivity contribution in [1.29, 1.82) is 0 Å². The van der Waals surface area contributed by atoms with Crippen molar-refractivity contribution in [3.05, 3.63) is 11.6 Å². The Balaban J connectivity index is 2.53. The number of nitrogens with zero attached hydrogens (tertiary/aromatic N) is 1. The summed E-state index contributed by atoms with van der Waals surface area (Å²) in [6.45, 7) is 12.6. The summed E-state index contributed by atoms with van der Waals surface area (Å²) in [5.74, 6) is 0.667. The molecule has 0 heterocycles. The summed E-state index contributed by atoms with van der Waals surface area (Å²) in [4.78, 5) is 14.1. The monoisotopic (exact) mass is 281 g/mol. The molecule has 0 spiro atoms. The van der Waals surface area contributed by atoms with Crippen LogP contribution in [0.5, 0.6) is 0 Å². The van der Waals surface area contributed by atoms with E-state index in [1.807, 2.05) is 0 Å². The minimum absolute atomic E-state index is 0.198. The molecule has 0 bridgehead atoms. The molecule has 1 rings (SSSR count). The average molecular weight is 281 g/mol. The molecule has 20 heavy (non-hydrogen) atoms. The summed E-state index contributed by atoms with van der Waals surface area (Å²) in [6.07, 6.45) is 4.34. The lowest BCUT2D eigenvalue weighted by atomic mass is 9.79. The van der Waals surface area contributed by atoms with Crippen LogP contribution in [0.1, 0.15) is 40.5 Å². The van der Waals surface area contributed by atoms with Gasteiger partial charge in [-0.15, -0.1) is 0 Å². The van der Waals surface area contributed by atoms with E-state index in [9.17, 15) is 4.79 Å². The van der Waals surface area contributed by atoms with Gasteiger partial charge in [-0.25, -0.2) is 0 Å². The number of rotatable bonds is 8. The molecular formula is C16H31N3O. The first-order valence-corrected chi connectivity index (χ1v) is 7.90. The lowest BCUT2D eigenvalue weighted by Crippen LogP contribution is -2.49. The first-order chi connectivity index (χ1) is 9.47. The maximum absolute atomic E-state index is 11.8. The van der Waals surface area contributed by atoms with Crippen LogP contribution in [-0.4, -0.2) is 43.0 Å². The average Bonchev–Trinajstić information content (AvgIpc) is 2.37. The van der Waals surface area contributed by atoms with Crippen molar-refractivity contribution >= 4 is 5.91 Å². The smallest absolute Gasteiger partial charge is 0.234 e. The molecule has 0 saturated heterocycles. The number of nitrogens with one attached hydrogen (secondary N) is 1. The lowest BCUT2D eigenvalue weighted by molar-refractivity contribution is -0.121. The summed E-state index contributed by atoms with van der Waals surface area (Å²) in [7, 11) is 0. The Morgan fingerprint density at radius 3 is 2.65 bits per heavy atom. The minimum atomic E-state index is -0.212. The molecule has 0 radical (unpaired) electrons. The second kappa shape index (κ2) is 8.42. The number of likely N-dealkylation sites (N-methyl/N-ethyl adjacent to an activating group) is 1. The molecular weight excluding hydrogens is 250 g/mol. The van der Waals surface area contributed by atoms with E-state index in [0.29, 0.717) is 11.8 Å². The predicted molar refractivity (Wildman–Crippen MR) is 84.4 cm³/mol. The molecule has 0 aliphatic heterocycles. The molecule has 3 unspecified atom stereocenters. The molecule has 0 aromatic rings. The van der Waals surface area contributed by atoms with E-state index in [1.54, 1.807) is 0 Å². The van der Waals surface area contributed by atoms with Crippen LogP contribution in [0.3, 0.4) is 0 Å². The zero-order valence-electron chi connectivity index (χ0n) is 13.5. The van der Waals surface area contributed by atoms with E-state index >= 15 is 0 Å². The molecule has 116 valence electrons. The van der Waals surface area contributed by atoms with Gasteiger partial charge in [0.25, 0.3) is 0 Å². The summed E-state index contributed by atoms with van der Waals surface area (Å²) in [5.41, 5.74) is 6.99. The molecule has 3 N–H and O–H groups in total. The third-order valence-electron chi connectivity index (χ3n) is 4.29. The van der Waals surface area contributed by atoms with Crippen LogP contribution in [0.15, 0.2) is 11.6 Å². The van der Waals surface area contributed by atoms with E-state index in [2.05, 4.69) is 44.0 Å². The van der Waals surface area contributed by atoms with Gasteiger partial charge in [0, 0.05) is 13.1 Å². The van der Waals surface area contributed by atoms with E-state index < -0.39 is 0 Å². The van der Waals surface area contributed by atoms with Crippen LogP contribution in [0.2, 0.25) is 0 Å². The molecule has 0 saturated carbocycles. The number of hydrogen-bond acceptors (Lipinski definition) is 3. The van der Waals surface area contributed by atoms with E-state index in [-0.39, 0.29) is 11.9 Å². The van der Waals surface area contributed by atoms with E-state index in [1.165, 1.54) is 5.57 Å². The van der Waals surface area contributed by atoms with Gasteiger partial charge in [0.05, 0.1) is 6.04 Å². The summed E-state index contributed by atoms with van der Waals surface area (Å²) in [6, 6.07) is -0.198. The predicted octanol–water partition coefficient (Wildman–Crippen LogP) is 1.76. The quantitative estimate of drug-likeness (QED) is 0.667. The van der Waals surface area contributed by atoms with E-state index in [4.69, 9.17) is 5.73 Å². The SMILES string of the molecule is CCN(CC)CCNC(C(N)=O)C1CC(C)=CC(C)C1. The van der Waals surface area contributed by atoms with Crippen molar-refractivity contribution in [1.82, 2.24) is 10.2 Å². The first-order valence-electron chi connectivity index (χ1n) is 7.90. The molecule has 1 aliphatic rings. The Labute approximate surface area is 123 Å². The van der Waals surface area contributed by atoms with Gasteiger partial charge in [-0.1, -0.05) is 32.4 Å². The fourth-order valence-electron chi connectivity index (χ4n) is 3.27. The maximum Gasteiger partial charge on any atom is 0.234 e. The zero-order valence-corrected chi connectivity index (χ0v) is 13.5. The largest absolute Gasteiger partial charge is 0.368 e. The Morgan fingerprint density at radius 1 is 1.50 bits per heavy atom. The van der Waals surface area contributed by atoms with Gasteiger partial charge >= 0.3 is 0 Å². The normalized spacial score (nSPS) is 24.6. The Hall–Kier alpha value is -0.870.